The second kappa shape index (κ2) is 10.6. The number of benzene rings is 1. The molecule has 118 valence electrons. The lowest BCUT2D eigenvalue weighted by Gasteiger charge is -2.10. The summed E-state index contributed by atoms with van der Waals surface area (Å²) in [6, 6.07) is 5.85. The van der Waals surface area contributed by atoms with E-state index in [-0.39, 0.29) is 5.97 Å². The monoisotopic (exact) mass is 359 g/mol. The normalized spacial score (nSPS) is 10.4. The van der Waals surface area contributed by atoms with E-state index in [1.54, 1.807) is 7.11 Å². The number of halogens is 1. The molecule has 0 aliphatic heterocycles. The first-order valence-corrected chi connectivity index (χ1v) is 7.64. The lowest BCUT2D eigenvalue weighted by Crippen LogP contribution is -2.18. The third kappa shape index (κ3) is 7.45. The summed E-state index contributed by atoms with van der Waals surface area (Å²) in [4.78, 5) is 11.0. The van der Waals surface area contributed by atoms with Crippen LogP contribution in [-0.4, -0.2) is 39.9 Å². The molecule has 0 aliphatic rings. The first-order chi connectivity index (χ1) is 10.2. The van der Waals surface area contributed by atoms with Crippen molar-refractivity contribution in [3.63, 3.8) is 0 Å². The standard InChI is InChI=1S/C15H22BrNO4/c1-19-9-7-17-11-12-10-13(5-6-14(12)16)21-8-3-4-15(18)20-2/h5-6,10,17H,3-4,7-9,11H2,1-2H3. The Morgan fingerprint density at radius 3 is 2.81 bits per heavy atom. The van der Waals surface area contributed by atoms with Gasteiger partial charge in [-0.25, -0.2) is 0 Å². The molecule has 21 heavy (non-hydrogen) atoms. The quantitative estimate of drug-likeness (QED) is 0.513. The van der Waals surface area contributed by atoms with Gasteiger partial charge in [0.05, 0.1) is 20.3 Å². The zero-order chi connectivity index (χ0) is 15.5. The van der Waals surface area contributed by atoms with Gasteiger partial charge in [-0.05, 0) is 30.2 Å². The summed E-state index contributed by atoms with van der Waals surface area (Å²) in [5, 5.41) is 3.29. The second-order valence-corrected chi connectivity index (χ2v) is 5.31. The lowest BCUT2D eigenvalue weighted by atomic mass is 10.2. The molecule has 5 nitrogen and oxygen atoms in total. The molecule has 0 aliphatic carbocycles. The minimum atomic E-state index is -0.211. The fraction of sp³-hybridized carbons (Fsp3) is 0.533. The van der Waals surface area contributed by atoms with Gasteiger partial charge in [-0.1, -0.05) is 15.9 Å². The van der Waals surface area contributed by atoms with Crippen LogP contribution in [0.3, 0.4) is 0 Å². The van der Waals surface area contributed by atoms with Crippen LogP contribution in [0.5, 0.6) is 5.75 Å². The molecule has 0 heterocycles. The summed E-state index contributed by atoms with van der Waals surface area (Å²) in [6.07, 6.45) is 1.02. The van der Waals surface area contributed by atoms with E-state index in [9.17, 15) is 4.79 Å². The highest BCUT2D eigenvalue weighted by atomic mass is 79.9. The second-order valence-electron chi connectivity index (χ2n) is 4.45. The van der Waals surface area contributed by atoms with Gasteiger partial charge in [0.25, 0.3) is 0 Å². The Labute approximate surface area is 134 Å². The van der Waals surface area contributed by atoms with Gasteiger partial charge >= 0.3 is 5.97 Å². The summed E-state index contributed by atoms with van der Waals surface area (Å²) in [6.45, 7) is 2.71. The molecule has 0 spiro atoms. The Bertz CT molecular complexity index is 440. The van der Waals surface area contributed by atoms with E-state index in [0.717, 1.165) is 28.9 Å². The van der Waals surface area contributed by atoms with Crippen molar-refractivity contribution in [2.75, 3.05) is 34.0 Å². The van der Waals surface area contributed by atoms with E-state index in [4.69, 9.17) is 9.47 Å². The Hall–Kier alpha value is -1.11. The van der Waals surface area contributed by atoms with Crippen molar-refractivity contribution in [1.82, 2.24) is 5.32 Å². The highest BCUT2D eigenvalue weighted by Gasteiger charge is 2.04. The van der Waals surface area contributed by atoms with Crippen molar-refractivity contribution in [2.45, 2.75) is 19.4 Å². The van der Waals surface area contributed by atoms with Gasteiger partial charge in [0.1, 0.15) is 5.75 Å². The number of carbonyl (C=O) groups is 1. The first kappa shape index (κ1) is 17.9. The number of nitrogens with one attached hydrogen (secondary N) is 1. The molecule has 0 radical (unpaired) electrons. The maximum atomic E-state index is 11.0. The van der Waals surface area contributed by atoms with Crippen molar-refractivity contribution in [2.24, 2.45) is 0 Å². The molecule has 1 aromatic carbocycles. The Kier molecular flexibility index (Phi) is 9.05. The number of hydrogen-bond acceptors (Lipinski definition) is 5. The zero-order valence-electron chi connectivity index (χ0n) is 12.5. The molecule has 1 N–H and O–H groups in total. The number of carbonyl (C=O) groups excluding carboxylic acids is 1. The summed E-state index contributed by atoms with van der Waals surface area (Å²) < 4.78 is 16.3. The fourth-order valence-corrected chi connectivity index (χ4v) is 2.07. The van der Waals surface area contributed by atoms with Crippen LogP contribution in [0.25, 0.3) is 0 Å². The third-order valence-corrected chi connectivity index (χ3v) is 3.61. The van der Waals surface area contributed by atoms with E-state index in [1.165, 1.54) is 7.11 Å². The minimum absolute atomic E-state index is 0.211. The van der Waals surface area contributed by atoms with E-state index >= 15 is 0 Å². The molecule has 0 bridgehead atoms. The van der Waals surface area contributed by atoms with E-state index in [0.29, 0.717) is 26.1 Å². The van der Waals surface area contributed by atoms with Crippen LogP contribution in [0, 0.1) is 0 Å². The number of hydrogen-bond donors (Lipinski definition) is 1. The van der Waals surface area contributed by atoms with Crippen LogP contribution in [0.1, 0.15) is 18.4 Å². The van der Waals surface area contributed by atoms with Crippen molar-refractivity contribution >= 4 is 21.9 Å². The number of methoxy groups -OCH3 is 2. The molecule has 0 atom stereocenters. The van der Waals surface area contributed by atoms with Gasteiger partial charge in [-0.2, -0.15) is 0 Å². The number of ether oxygens (including phenoxy) is 3. The van der Waals surface area contributed by atoms with Gasteiger partial charge in [0, 0.05) is 31.1 Å². The number of rotatable bonds is 10. The molecule has 0 amide bonds. The fourth-order valence-electron chi connectivity index (χ4n) is 1.68. The summed E-state index contributed by atoms with van der Waals surface area (Å²) in [5.74, 6) is 0.587. The predicted octanol–water partition coefficient (Wildman–Crippen LogP) is 2.52. The molecule has 1 rings (SSSR count). The van der Waals surface area contributed by atoms with Gasteiger partial charge in [-0.3, -0.25) is 4.79 Å². The molecule has 1 aromatic rings. The van der Waals surface area contributed by atoms with Gasteiger partial charge < -0.3 is 19.5 Å². The summed E-state index contributed by atoms with van der Waals surface area (Å²) >= 11 is 3.52. The Morgan fingerprint density at radius 2 is 2.10 bits per heavy atom. The van der Waals surface area contributed by atoms with Crippen LogP contribution < -0.4 is 10.1 Å². The van der Waals surface area contributed by atoms with Gasteiger partial charge in [0.2, 0.25) is 0 Å². The third-order valence-electron chi connectivity index (χ3n) is 2.84. The molecule has 0 unspecified atom stereocenters. The van der Waals surface area contributed by atoms with Crippen molar-refractivity contribution in [3.8, 4) is 5.75 Å². The largest absolute Gasteiger partial charge is 0.494 e. The highest BCUT2D eigenvalue weighted by Crippen LogP contribution is 2.22. The van der Waals surface area contributed by atoms with Crippen molar-refractivity contribution < 1.29 is 19.0 Å². The summed E-state index contributed by atoms with van der Waals surface area (Å²) in [7, 11) is 3.07. The molecule has 0 fully saturated rings. The molecule has 0 saturated carbocycles. The predicted molar refractivity (Wildman–Crippen MR) is 84.5 cm³/mol. The summed E-state index contributed by atoms with van der Waals surface area (Å²) in [5.41, 5.74) is 1.12. The molecular formula is C15H22BrNO4. The van der Waals surface area contributed by atoms with Crippen LogP contribution >= 0.6 is 15.9 Å². The molecule has 0 saturated heterocycles. The Morgan fingerprint density at radius 1 is 1.29 bits per heavy atom. The molecule has 6 heteroatoms. The average molecular weight is 360 g/mol. The van der Waals surface area contributed by atoms with Gasteiger partial charge in [-0.15, -0.1) is 0 Å². The smallest absolute Gasteiger partial charge is 0.305 e. The van der Waals surface area contributed by atoms with Crippen LogP contribution in [-0.2, 0) is 20.8 Å². The topological polar surface area (TPSA) is 56.8 Å². The SMILES string of the molecule is COCCNCc1cc(OCCCC(=O)OC)ccc1Br. The molecular weight excluding hydrogens is 338 g/mol. The van der Waals surface area contributed by atoms with Crippen molar-refractivity contribution in [1.29, 1.82) is 0 Å². The maximum absolute atomic E-state index is 11.0. The van der Waals surface area contributed by atoms with Crippen LogP contribution in [0.4, 0.5) is 0 Å². The van der Waals surface area contributed by atoms with Crippen LogP contribution in [0.15, 0.2) is 22.7 Å². The van der Waals surface area contributed by atoms with E-state index in [2.05, 4.69) is 26.0 Å². The van der Waals surface area contributed by atoms with Gasteiger partial charge in [0.15, 0.2) is 0 Å². The highest BCUT2D eigenvalue weighted by molar-refractivity contribution is 9.10. The lowest BCUT2D eigenvalue weighted by molar-refractivity contribution is -0.140. The van der Waals surface area contributed by atoms with E-state index < -0.39 is 0 Å². The zero-order valence-corrected chi connectivity index (χ0v) is 14.1. The van der Waals surface area contributed by atoms with E-state index in [1.807, 2.05) is 18.2 Å². The minimum Gasteiger partial charge on any atom is -0.494 e. The van der Waals surface area contributed by atoms with Crippen molar-refractivity contribution in [3.05, 3.63) is 28.2 Å². The number of esters is 1. The Balaban J connectivity index is 2.39. The maximum Gasteiger partial charge on any atom is 0.305 e. The average Bonchev–Trinajstić information content (AvgIpc) is 2.50. The van der Waals surface area contributed by atoms with Crippen LogP contribution in [0.2, 0.25) is 0 Å². The first-order valence-electron chi connectivity index (χ1n) is 6.85. The molecule has 0 aromatic heterocycles.